The smallest absolute Gasteiger partial charge is 0.292 e. The number of nitrogens with one attached hydrogen (secondary N) is 1. The summed E-state index contributed by atoms with van der Waals surface area (Å²) < 4.78 is 18.1. The van der Waals surface area contributed by atoms with Crippen LogP contribution in [0.5, 0.6) is 5.75 Å². The Kier molecular flexibility index (Phi) is 4.83. The Bertz CT molecular complexity index is 458. The normalized spacial score (nSPS) is 10.3. The maximum Gasteiger partial charge on any atom is 0.292 e. The van der Waals surface area contributed by atoms with Gasteiger partial charge in [0.15, 0.2) is 11.6 Å². The lowest BCUT2D eigenvalue weighted by atomic mass is 10.1. The third kappa shape index (κ3) is 3.55. The van der Waals surface area contributed by atoms with Crippen molar-refractivity contribution in [3.63, 3.8) is 0 Å². The molecule has 1 aromatic carbocycles. The molecule has 0 unspecified atom stereocenters. The zero-order valence-electron chi connectivity index (χ0n) is 10.6. The van der Waals surface area contributed by atoms with Gasteiger partial charge in [-0.2, -0.15) is 0 Å². The van der Waals surface area contributed by atoms with Crippen molar-refractivity contribution in [2.75, 3.05) is 13.7 Å². The molecule has 0 bridgehead atoms. The van der Waals surface area contributed by atoms with E-state index >= 15 is 0 Å². The Balaban J connectivity index is 2.78. The highest BCUT2D eigenvalue weighted by atomic mass is 19.1. The lowest BCUT2D eigenvalue weighted by Gasteiger charge is -2.07. The van der Waals surface area contributed by atoms with Gasteiger partial charge in [0.2, 0.25) is 5.78 Å². The molecule has 0 radical (unpaired) electrons. The minimum absolute atomic E-state index is 0.00885. The fourth-order valence-corrected chi connectivity index (χ4v) is 1.32. The average Bonchev–Trinajstić information content (AvgIpc) is 2.34. The summed E-state index contributed by atoms with van der Waals surface area (Å²) in [5, 5.41) is 2.49. The Hall–Kier alpha value is -1.91. The number of methoxy groups -OCH3 is 1. The molecule has 0 saturated carbocycles. The fourth-order valence-electron chi connectivity index (χ4n) is 1.32. The largest absolute Gasteiger partial charge is 0.494 e. The zero-order chi connectivity index (χ0) is 13.7. The first-order valence-electron chi connectivity index (χ1n) is 5.61. The van der Waals surface area contributed by atoms with Crippen molar-refractivity contribution < 1.29 is 18.7 Å². The van der Waals surface area contributed by atoms with E-state index in [1.165, 1.54) is 19.2 Å². The molecule has 1 rings (SSSR count). The molecule has 1 aromatic rings. The Morgan fingerprint density at radius 3 is 2.56 bits per heavy atom. The number of carbonyl (C=O) groups is 2. The first kappa shape index (κ1) is 14.2. The van der Waals surface area contributed by atoms with Crippen molar-refractivity contribution in [1.29, 1.82) is 0 Å². The van der Waals surface area contributed by atoms with Gasteiger partial charge in [0.25, 0.3) is 5.91 Å². The van der Waals surface area contributed by atoms with Crippen molar-refractivity contribution in [2.45, 2.75) is 13.8 Å². The SMILES string of the molecule is COc1ccc(C(=O)C(=O)NCC(C)C)cc1F. The number of hydrogen-bond acceptors (Lipinski definition) is 3. The van der Waals surface area contributed by atoms with Gasteiger partial charge in [-0.1, -0.05) is 13.8 Å². The molecule has 0 aromatic heterocycles. The highest BCUT2D eigenvalue weighted by molar-refractivity contribution is 6.42. The maximum absolute atomic E-state index is 13.4. The molecule has 0 fully saturated rings. The number of hydrogen-bond donors (Lipinski definition) is 1. The van der Waals surface area contributed by atoms with Crippen molar-refractivity contribution in [3.05, 3.63) is 29.6 Å². The van der Waals surface area contributed by atoms with Gasteiger partial charge in [0, 0.05) is 12.1 Å². The molecule has 0 saturated heterocycles. The van der Waals surface area contributed by atoms with Crippen LogP contribution in [-0.2, 0) is 4.79 Å². The van der Waals surface area contributed by atoms with Gasteiger partial charge in [-0.15, -0.1) is 0 Å². The third-order valence-corrected chi connectivity index (χ3v) is 2.29. The van der Waals surface area contributed by atoms with E-state index in [-0.39, 0.29) is 17.2 Å². The van der Waals surface area contributed by atoms with E-state index in [2.05, 4.69) is 5.32 Å². The monoisotopic (exact) mass is 253 g/mol. The molecule has 0 atom stereocenters. The summed E-state index contributed by atoms with van der Waals surface area (Å²) in [4.78, 5) is 23.2. The summed E-state index contributed by atoms with van der Waals surface area (Å²) in [6.45, 7) is 4.23. The van der Waals surface area contributed by atoms with Crippen LogP contribution in [0.15, 0.2) is 18.2 Å². The number of Topliss-reactive ketones (excluding diaryl/α,β-unsaturated/α-hetero) is 1. The summed E-state index contributed by atoms with van der Waals surface area (Å²) in [6.07, 6.45) is 0. The third-order valence-electron chi connectivity index (χ3n) is 2.29. The van der Waals surface area contributed by atoms with E-state index in [0.717, 1.165) is 6.07 Å². The topological polar surface area (TPSA) is 55.4 Å². The molecule has 0 aliphatic rings. The van der Waals surface area contributed by atoms with Gasteiger partial charge in [-0.3, -0.25) is 9.59 Å². The standard InChI is InChI=1S/C13H16FNO3/c1-8(2)7-15-13(17)12(16)9-4-5-11(18-3)10(14)6-9/h4-6,8H,7H2,1-3H3,(H,15,17). The Morgan fingerprint density at radius 2 is 2.06 bits per heavy atom. The quantitative estimate of drug-likeness (QED) is 0.643. The van der Waals surface area contributed by atoms with Crippen LogP contribution in [0.25, 0.3) is 0 Å². The highest BCUT2D eigenvalue weighted by Crippen LogP contribution is 2.17. The van der Waals surface area contributed by atoms with Gasteiger partial charge >= 0.3 is 0 Å². The summed E-state index contributed by atoms with van der Waals surface area (Å²) in [6, 6.07) is 3.67. The molecule has 5 heteroatoms. The number of carbonyl (C=O) groups excluding carboxylic acids is 2. The minimum atomic E-state index is -0.753. The van der Waals surface area contributed by atoms with Crippen LogP contribution >= 0.6 is 0 Å². The van der Waals surface area contributed by atoms with Gasteiger partial charge < -0.3 is 10.1 Å². The fraction of sp³-hybridized carbons (Fsp3) is 0.385. The number of ketones is 1. The predicted molar refractivity (Wildman–Crippen MR) is 65.1 cm³/mol. The van der Waals surface area contributed by atoms with E-state index in [4.69, 9.17) is 4.74 Å². The second kappa shape index (κ2) is 6.14. The summed E-state index contributed by atoms with van der Waals surface area (Å²) in [5.41, 5.74) is 0.00885. The number of benzene rings is 1. The zero-order valence-corrected chi connectivity index (χ0v) is 10.6. The number of ether oxygens (including phenoxy) is 1. The Labute approximate surface area is 105 Å². The van der Waals surface area contributed by atoms with E-state index in [1.54, 1.807) is 0 Å². The number of amides is 1. The molecule has 1 N–H and O–H groups in total. The number of halogens is 1. The summed E-state index contributed by atoms with van der Waals surface area (Å²) in [7, 11) is 1.33. The van der Waals surface area contributed by atoms with Crippen LogP contribution in [0.2, 0.25) is 0 Å². The second-order valence-corrected chi connectivity index (χ2v) is 4.28. The first-order valence-corrected chi connectivity index (χ1v) is 5.61. The lowest BCUT2D eigenvalue weighted by Crippen LogP contribution is -2.33. The maximum atomic E-state index is 13.4. The molecule has 1 amide bonds. The van der Waals surface area contributed by atoms with Crippen LogP contribution in [0, 0.1) is 11.7 Å². The molecule has 0 aliphatic heterocycles. The Morgan fingerprint density at radius 1 is 1.39 bits per heavy atom. The van der Waals surface area contributed by atoms with Crippen LogP contribution < -0.4 is 10.1 Å². The van der Waals surface area contributed by atoms with Gasteiger partial charge in [0.05, 0.1) is 7.11 Å². The summed E-state index contributed by atoms with van der Waals surface area (Å²) >= 11 is 0. The van der Waals surface area contributed by atoms with Gasteiger partial charge in [-0.25, -0.2) is 4.39 Å². The molecule has 98 valence electrons. The van der Waals surface area contributed by atoms with Crippen molar-refractivity contribution in [2.24, 2.45) is 5.92 Å². The molecular formula is C13H16FNO3. The van der Waals surface area contributed by atoms with Gasteiger partial charge in [0.1, 0.15) is 0 Å². The molecule has 18 heavy (non-hydrogen) atoms. The molecule has 0 aliphatic carbocycles. The first-order chi connectivity index (χ1) is 8.45. The summed E-state index contributed by atoms with van der Waals surface area (Å²) in [5.74, 6) is -1.87. The van der Waals surface area contributed by atoms with Crippen LogP contribution in [0.3, 0.4) is 0 Å². The van der Waals surface area contributed by atoms with E-state index in [0.29, 0.717) is 6.54 Å². The molecule has 0 heterocycles. The second-order valence-electron chi connectivity index (χ2n) is 4.28. The highest BCUT2D eigenvalue weighted by Gasteiger charge is 2.17. The van der Waals surface area contributed by atoms with Crippen LogP contribution in [-0.4, -0.2) is 25.3 Å². The van der Waals surface area contributed by atoms with Crippen LogP contribution in [0.1, 0.15) is 24.2 Å². The molecular weight excluding hydrogens is 237 g/mol. The van der Waals surface area contributed by atoms with Gasteiger partial charge in [-0.05, 0) is 24.1 Å². The molecule has 0 spiro atoms. The molecule has 4 nitrogen and oxygen atoms in total. The lowest BCUT2D eigenvalue weighted by molar-refractivity contribution is -0.117. The minimum Gasteiger partial charge on any atom is -0.494 e. The average molecular weight is 253 g/mol. The number of rotatable bonds is 5. The van der Waals surface area contributed by atoms with Crippen LogP contribution in [0.4, 0.5) is 4.39 Å². The van der Waals surface area contributed by atoms with Crippen molar-refractivity contribution in [3.8, 4) is 5.75 Å². The predicted octanol–water partition coefficient (Wildman–Crippen LogP) is 1.79. The van der Waals surface area contributed by atoms with E-state index < -0.39 is 17.5 Å². The van der Waals surface area contributed by atoms with Crippen molar-refractivity contribution in [1.82, 2.24) is 5.32 Å². The van der Waals surface area contributed by atoms with E-state index in [1.807, 2.05) is 13.8 Å². The van der Waals surface area contributed by atoms with Crippen molar-refractivity contribution >= 4 is 11.7 Å². The van der Waals surface area contributed by atoms with E-state index in [9.17, 15) is 14.0 Å².